The van der Waals surface area contributed by atoms with Crippen molar-refractivity contribution >= 4 is 45.6 Å². The number of rotatable bonds is 5. The predicted molar refractivity (Wildman–Crippen MR) is 155 cm³/mol. The van der Waals surface area contributed by atoms with Crippen molar-refractivity contribution in [3.05, 3.63) is 76.7 Å². The topological polar surface area (TPSA) is 48.3 Å². The molecule has 0 spiro atoms. The van der Waals surface area contributed by atoms with Gasteiger partial charge in [0.2, 0.25) is 0 Å². The molecule has 0 bridgehead atoms. The summed E-state index contributed by atoms with van der Waals surface area (Å²) >= 11 is 3.11. The molecule has 7 heteroatoms. The highest BCUT2D eigenvalue weighted by Crippen LogP contribution is 2.38. The number of amidine groups is 1. The maximum Gasteiger partial charge on any atom is 0.302 e. The van der Waals surface area contributed by atoms with E-state index in [4.69, 9.17) is 10.1 Å². The second kappa shape index (κ2) is 10.2. The monoisotopic (exact) mass is 516 g/mol. The third-order valence-corrected chi connectivity index (χ3v) is 8.63. The fraction of sp³-hybridized carbons (Fsp3) is 0.345. The van der Waals surface area contributed by atoms with Crippen LogP contribution in [-0.4, -0.2) is 46.2 Å². The summed E-state index contributed by atoms with van der Waals surface area (Å²) in [5.41, 5.74) is 6.96. The molecule has 0 fully saturated rings. The molecule has 2 aromatic carbocycles. The molecule has 0 aliphatic carbocycles. The second-order valence-corrected chi connectivity index (χ2v) is 12.0. The molecule has 0 atom stereocenters. The first-order chi connectivity index (χ1) is 17.4. The van der Waals surface area contributed by atoms with E-state index in [1.54, 1.807) is 16.3 Å². The molecule has 2 aliphatic rings. The first-order valence-electron chi connectivity index (χ1n) is 12.6. The normalized spacial score (nSPS) is 17.7. The number of benzene rings is 2. The molecule has 5 nitrogen and oxygen atoms in total. The average molecular weight is 517 g/mol. The highest BCUT2D eigenvalue weighted by molar-refractivity contribution is 8.15. The zero-order valence-electron chi connectivity index (χ0n) is 21.3. The molecule has 1 amide bonds. The maximum absolute atomic E-state index is 12.4. The fourth-order valence-corrected chi connectivity index (χ4v) is 6.69. The van der Waals surface area contributed by atoms with E-state index in [2.05, 4.69) is 85.6 Å². The number of nitrogens with zero attached hydrogens (tertiary/aromatic N) is 4. The van der Waals surface area contributed by atoms with Crippen molar-refractivity contribution in [2.45, 2.75) is 45.3 Å². The number of thioether (sulfide) groups is 1. The lowest BCUT2D eigenvalue weighted by molar-refractivity contribution is 0.226. The van der Waals surface area contributed by atoms with Gasteiger partial charge < -0.3 is 4.90 Å². The summed E-state index contributed by atoms with van der Waals surface area (Å²) in [4.78, 5) is 21.1. The van der Waals surface area contributed by atoms with Crippen molar-refractivity contribution in [2.24, 2.45) is 10.1 Å². The van der Waals surface area contributed by atoms with Crippen molar-refractivity contribution in [2.75, 3.05) is 24.5 Å². The minimum Gasteiger partial charge on any atom is -0.326 e. The Hall–Kier alpha value is -2.90. The SMILES string of the molecule is CCN=C(c1ccccc1-c1cccs1)N1CCCc2cc(C3=NN(CC)C(=O)SC3(C)C)ccc21. The fourth-order valence-electron chi connectivity index (χ4n) is 4.96. The van der Waals surface area contributed by atoms with E-state index >= 15 is 0 Å². The second-order valence-electron chi connectivity index (χ2n) is 9.46. The van der Waals surface area contributed by atoms with Crippen LogP contribution >= 0.6 is 23.1 Å². The highest BCUT2D eigenvalue weighted by atomic mass is 32.2. The van der Waals surface area contributed by atoms with Crippen LogP contribution in [0.3, 0.4) is 0 Å². The third-order valence-electron chi connectivity index (χ3n) is 6.63. The van der Waals surface area contributed by atoms with Gasteiger partial charge in [-0.05, 0) is 75.2 Å². The van der Waals surface area contributed by atoms with Gasteiger partial charge >= 0.3 is 5.24 Å². The van der Waals surface area contributed by atoms with Crippen LogP contribution in [0.2, 0.25) is 0 Å². The highest BCUT2D eigenvalue weighted by Gasteiger charge is 2.37. The Balaban J connectivity index is 1.56. The van der Waals surface area contributed by atoms with E-state index in [1.807, 2.05) is 6.92 Å². The Morgan fingerprint density at radius 2 is 1.94 bits per heavy atom. The quantitative estimate of drug-likeness (QED) is 0.264. The van der Waals surface area contributed by atoms with Crippen LogP contribution < -0.4 is 4.90 Å². The van der Waals surface area contributed by atoms with Crippen molar-refractivity contribution < 1.29 is 4.79 Å². The molecule has 3 heterocycles. The van der Waals surface area contributed by atoms with Crippen molar-refractivity contribution in [1.82, 2.24) is 5.01 Å². The van der Waals surface area contributed by atoms with Gasteiger partial charge in [-0.25, -0.2) is 5.01 Å². The van der Waals surface area contributed by atoms with Crippen LogP contribution in [0, 0.1) is 0 Å². The van der Waals surface area contributed by atoms with E-state index < -0.39 is 0 Å². The summed E-state index contributed by atoms with van der Waals surface area (Å²) in [5, 5.41) is 8.48. The molecule has 0 radical (unpaired) electrons. The number of hydrazone groups is 1. The Morgan fingerprint density at radius 3 is 2.69 bits per heavy atom. The van der Waals surface area contributed by atoms with E-state index in [1.165, 1.54) is 39.0 Å². The minimum atomic E-state index is -0.375. The van der Waals surface area contributed by atoms with E-state index in [9.17, 15) is 4.79 Å². The lowest BCUT2D eigenvalue weighted by atomic mass is 9.92. The molecule has 0 unspecified atom stereocenters. The van der Waals surface area contributed by atoms with Crippen LogP contribution in [0.15, 0.2) is 70.1 Å². The maximum atomic E-state index is 12.4. The number of carbonyl (C=O) groups is 1. The zero-order chi connectivity index (χ0) is 25.3. The molecule has 3 aromatic rings. The van der Waals surface area contributed by atoms with Gasteiger partial charge in [0.25, 0.3) is 0 Å². The number of aryl methyl sites for hydroxylation is 1. The van der Waals surface area contributed by atoms with Gasteiger partial charge in [-0.2, -0.15) is 5.10 Å². The van der Waals surface area contributed by atoms with E-state index in [-0.39, 0.29) is 9.99 Å². The molecule has 5 rings (SSSR count). The van der Waals surface area contributed by atoms with E-state index in [0.29, 0.717) is 6.54 Å². The van der Waals surface area contributed by atoms with Gasteiger partial charge in [0.05, 0.1) is 10.5 Å². The minimum absolute atomic E-state index is 0.0141. The standard InChI is InChI=1S/C29H32N4OS2/c1-5-30-27(23-13-8-7-12-22(23)25-14-10-18-35-25)32-17-9-11-20-19-21(15-16-24(20)32)26-29(3,4)36-28(34)33(6-2)31-26/h7-8,10,12-16,18-19H,5-6,9,11,17H2,1-4H3. The molecular weight excluding hydrogens is 484 g/mol. The van der Waals surface area contributed by atoms with Gasteiger partial charge in [-0.1, -0.05) is 48.2 Å². The van der Waals surface area contributed by atoms with E-state index in [0.717, 1.165) is 43.0 Å². The van der Waals surface area contributed by atoms with Gasteiger partial charge in [0.1, 0.15) is 5.84 Å². The summed E-state index contributed by atoms with van der Waals surface area (Å²) in [6.07, 6.45) is 2.08. The average Bonchev–Trinajstić information content (AvgIpc) is 3.41. The molecule has 1 aromatic heterocycles. The number of hydrogen-bond acceptors (Lipinski definition) is 5. The largest absolute Gasteiger partial charge is 0.326 e. The molecule has 2 aliphatic heterocycles. The van der Waals surface area contributed by atoms with Crippen molar-refractivity contribution in [1.29, 1.82) is 0 Å². The number of anilines is 1. The summed E-state index contributed by atoms with van der Waals surface area (Å²) in [6.45, 7) is 10.5. The predicted octanol–water partition coefficient (Wildman–Crippen LogP) is 7.31. The Labute approximate surface area is 221 Å². The van der Waals surface area contributed by atoms with Crippen LogP contribution in [-0.2, 0) is 6.42 Å². The van der Waals surface area contributed by atoms with Crippen molar-refractivity contribution in [3.63, 3.8) is 0 Å². The lowest BCUT2D eigenvalue weighted by Gasteiger charge is -2.35. The number of amides is 1. The Bertz CT molecular complexity index is 1330. The van der Waals surface area contributed by atoms with Crippen LogP contribution in [0.1, 0.15) is 50.8 Å². The number of aliphatic imine (C=N–C) groups is 1. The van der Waals surface area contributed by atoms with Gasteiger partial charge in [-0.15, -0.1) is 11.3 Å². The summed E-state index contributed by atoms with van der Waals surface area (Å²) in [5.74, 6) is 1.03. The number of fused-ring (bicyclic) bond motifs is 1. The van der Waals surface area contributed by atoms with Gasteiger partial charge in [0.15, 0.2) is 0 Å². The number of hydrogen-bond donors (Lipinski definition) is 0. The summed E-state index contributed by atoms with van der Waals surface area (Å²) in [6, 6.07) is 19.5. The molecule has 0 saturated heterocycles. The number of carbonyl (C=O) groups excluding carboxylic acids is 1. The molecule has 0 saturated carbocycles. The van der Waals surface area contributed by atoms with Crippen molar-refractivity contribution in [3.8, 4) is 10.4 Å². The van der Waals surface area contributed by atoms with Gasteiger partial charge in [0, 0.05) is 41.3 Å². The molecule has 186 valence electrons. The zero-order valence-corrected chi connectivity index (χ0v) is 23.0. The van der Waals surface area contributed by atoms with Crippen LogP contribution in [0.25, 0.3) is 10.4 Å². The molecule has 36 heavy (non-hydrogen) atoms. The van der Waals surface area contributed by atoms with Crippen LogP contribution in [0.5, 0.6) is 0 Å². The molecule has 0 N–H and O–H groups in total. The first kappa shape index (κ1) is 24.8. The number of thiophene rings is 1. The first-order valence-corrected chi connectivity index (χ1v) is 14.3. The van der Waals surface area contributed by atoms with Gasteiger partial charge in [-0.3, -0.25) is 9.79 Å². The Morgan fingerprint density at radius 1 is 1.11 bits per heavy atom. The smallest absolute Gasteiger partial charge is 0.302 e. The summed E-state index contributed by atoms with van der Waals surface area (Å²) in [7, 11) is 0. The third kappa shape index (κ3) is 4.62. The van der Waals surface area contributed by atoms with Crippen LogP contribution in [0.4, 0.5) is 10.5 Å². The molecular formula is C29H32N4OS2. The lowest BCUT2D eigenvalue weighted by Crippen LogP contribution is -2.41. The summed E-state index contributed by atoms with van der Waals surface area (Å²) < 4.78 is -0.375. The Kier molecular flexibility index (Phi) is 7.04.